The Labute approximate surface area is 195 Å². The van der Waals surface area contributed by atoms with E-state index in [2.05, 4.69) is 30.1 Å². The number of para-hydroxylation sites is 1. The van der Waals surface area contributed by atoms with Crippen LogP contribution in [0.3, 0.4) is 0 Å². The molecule has 2 bridgehead atoms. The van der Waals surface area contributed by atoms with E-state index in [4.69, 9.17) is 9.84 Å². The van der Waals surface area contributed by atoms with Crippen LogP contribution in [0.4, 0.5) is 0 Å². The number of piperidine rings is 1. The largest absolute Gasteiger partial charge is 0.506 e. The van der Waals surface area contributed by atoms with Crippen molar-refractivity contribution >= 4 is 11.8 Å². The molecule has 0 unspecified atom stereocenters. The minimum absolute atomic E-state index is 0.0277. The van der Waals surface area contributed by atoms with Crippen molar-refractivity contribution in [3.63, 3.8) is 0 Å². The van der Waals surface area contributed by atoms with E-state index in [-0.39, 0.29) is 16.9 Å². The van der Waals surface area contributed by atoms with E-state index in [1.54, 1.807) is 18.2 Å². The number of benzene rings is 2. The number of carboxylic acids is 1. The number of methoxy groups -OCH3 is 1. The van der Waals surface area contributed by atoms with Gasteiger partial charge in [-0.2, -0.15) is 0 Å². The molecule has 33 heavy (non-hydrogen) atoms. The second-order valence-electron chi connectivity index (χ2n) is 9.60. The molecule has 3 atom stereocenters. The summed E-state index contributed by atoms with van der Waals surface area (Å²) >= 11 is 0. The van der Waals surface area contributed by atoms with Crippen molar-refractivity contribution in [3.8, 4) is 11.5 Å². The monoisotopic (exact) mass is 451 g/mol. The first kappa shape index (κ1) is 23.3. The molecule has 6 heteroatoms. The highest BCUT2D eigenvalue weighted by Gasteiger charge is 2.53. The predicted octanol–water partition coefficient (Wildman–Crippen LogP) is 4.68. The number of likely N-dealkylation sites (tertiary alicyclic amines) is 1. The van der Waals surface area contributed by atoms with Gasteiger partial charge in [0, 0.05) is 11.5 Å². The summed E-state index contributed by atoms with van der Waals surface area (Å²) in [4.78, 5) is 24.0. The maximum Gasteiger partial charge on any atom is 0.339 e. The SMILES string of the molecule is CC(=O)c1cccc(C(=O)O)c1O.COc1ccc2c(c1)[C@]13CCCC[C@@H]1[C@H](C2)N(C)CC3. The number of rotatable bonds is 3. The number of hydrogen-bond donors (Lipinski definition) is 2. The van der Waals surface area contributed by atoms with Crippen LogP contribution in [-0.4, -0.2) is 53.6 Å². The third-order valence-electron chi connectivity index (χ3n) is 7.97. The predicted molar refractivity (Wildman–Crippen MR) is 126 cm³/mol. The minimum atomic E-state index is -1.25. The normalized spacial score (nSPS) is 25.7. The van der Waals surface area contributed by atoms with E-state index >= 15 is 0 Å². The Hall–Kier alpha value is -2.86. The molecule has 0 amide bonds. The molecule has 2 aromatic rings. The first-order valence-electron chi connectivity index (χ1n) is 11.7. The number of carboxylic acid groups (broad SMARTS) is 1. The smallest absolute Gasteiger partial charge is 0.339 e. The summed E-state index contributed by atoms with van der Waals surface area (Å²) < 4.78 is 5.51. The Morgan fingerprint density at radius 1 is 1.12 bits per heavy atom. The van der Waals surface area contributed by atoms with Gasteiger partial charge in [0.05, 0.1) is 12.7 Å². The first-order valence-corrected chi connectivity index (χ1v) is 11.7. The zero-order chi connectivity index (χ0) is 23.8. The summed E-state index contributed by atoms with van der Waals surface area (Å²) in [5.41, 5.74) is 3.44. The molecule has 1 heterocycles. The highest BCUT2D eigenvalue weighted by atomic mass is 16.5. The molecule has 2 fully saturated rings. The summed E-state index contributed by atoms with van der Waals surface area (Å²) in [5, 5.41) is 17.9. The third kappa shape index (κ3) is 4.12. The first-order chi connectivity index (χ1) is 15.8. The van der Waals surface area contributed by atoms with Crippen molar-refractivity contribution in [2.45, 2.75) is 56.9 Å². The van der Waals surface area contributed by atoms with E-state index in [0.29, 0.717) is 5.41 Å². The maximum atomic E-state index is 10.9. The van der Waals surface area contributed by atoms with Crippen molar-refractivity contribution in [2.75, 3.05) is 20.7 Å². The van der Waals surface area contributed by atoms with Crippen molar-refractivity contribution in [1.82, 2.24) is 4.90 Å². The third-order valence-corrected chi connectivity index (χ3v) is 7.97. The van der Waals surface area contributed by atoms with E-state index in [1.165, 1.54) is 70.2 Å². The molecule has 0 aromatic heterocycles. The van der Waals surface area contributed by atoms with Gasteiger partial charge < -0.3 is 19.8 Å². The molecule has 176 valence electrons. The van der Waals surface area contributed by atoms with E-state index in [1.807, 2.05) is 0 Å². The molecule has 2 aromatic carbocycles. The lowest BCUT2D eigenvalue weighted by molar-refractivity contribution is 0.00274. The van der Waals surface area contributed by atoms with Crippen LogP contribution in [0.5, 0.6) is 11.5 Å². The maximum absolute atomic E-state index is 10.9. The topological polar surface area (TPSA) is 87.1 Å². The number of hydrogen-bond acceptors (Lipinski definition) is 5. The number of nitrogens with zero attached hydrogens (tertiary/aromatic N) is 1. The number of aromatic hydroxyl groups is 1. The Morgan fingerprint density at radius 2 is 1.88 bits per heavy atom. The van der Waals surface area contributed by atoms with Gasteiger partial charge >= 0.3 is 5.97 Å². The average molecular weight is 452 g/mol. The van der Waals surface area contributed by atoms with E-state index in [9.17, 15) is 14.7 Å². The lowest BCUT2D eigenvalue weighted by atomic mass is 9.52. The van der Waals surface area contributed by atoms with Gasteiger partial charge in [0.1, 0.15) is 17.1 Å². The van der Waals surface area contributed by atoms with Crippen LogP contribution in [-0.2, 0) is 11.8 Å². The van der Waals surface area contributed by atoms with Crippen LogP contribution in [0.15, 0.2) is 36.4 Å². The Kier molecular flexibility index (Phi) is 6.48. The van der Waals surface area contributed by atoms with Crippen LogP contribution in [0.1, 0.15) is 70.9 Å². The molecule has 1 saturated heterocycles. The molecule has 0 spiro atoms. The van der Waals surface area contributed by atoms with Crippen molar-refractivity contribution in [2.24, 2.45) is 5.92 Å². The number of carbonyl (C=O) groups is 2. The number of carbonyl (C=O) groups excluding carboxylic acids is 1. The number of ketones is 1. The second kappa shape index (κ2) is 9.18. The summed E-state index contributed by atoms with van der Waals surface area (Å²) in [7, 11) is 4.12. The fraction of sp³-hybridized carbons (Fsp3) is 0.481. The molecule has 2 N–H and O–H groups in total. The van der Waals surface area contributed by atoms with Gasteiger partial charge in [-0.25, -0.2) is 4.79 Å². The lowest BCUT2D eigenvalue weighted by Crippen LogP contribution is -2.59. The van der Waals surface area contributed by atoms with Gasteiger partial charge in [-0.05, 0) is 87.5 Å². The Morgan fingerprint density at radius 3 is 2.58 bits per heavy atom. The standard InChI is InChI=1S/C18H25NO.C9H8O4/c1-19-10-9-18-8-4-3-5-15(18)17(19)11-13-6-7-14(20-2)12-16(13)18;1-5(10)6-3-2-4-7(8(6)11)9(12)13/h6-7,12,15,17H,3-5,8-11H2,1-2H3;2-4,11H,1H3,(H,12,13)/t15-,17+,18+;/m1./s1. The lowest BCUT2D eigenvalue weighted by Gasteiger charge is -2.58. The van der Waals surface area contributed by atoms with Gasteiger partial charge in [-0.3, -0.25) is 4.79 Å². The quantitative estimate of drug-likeness (QED) is 0.659. The van der Waals surface area contributed by atoms with Gasteiger partial charge in [0.2, 0.25) is 0 Å². The molecule has 1 aliphatic heterocycles. The highest BCUT2D eigenvalue weighted by molar-refractivity contribution is 6.01. The number of aromatic carboxylic acids is 1. The molecule has 2 aliphatic carbocycles. The van der Waals surface area contributed by atoms with Gasteiger partial charge in [-0.15, -0.1) is 0 Å². The highest BCUT2D eigenvalue weighted by Crippen LogP contribution is 2.55. The number of likely N-dealkylation sites (N-methyl/N-ethyl adjacent to an activating group) is 1. The molecular weight excluding hydrogens is 418 g/mol. The second-order valence-corrected chi connectivity index (χ2v) is 9.60. The van der Waals surface area contributed by atoms with Crippen LogP contribution in [0.2, 0.25) is 0 Å². The molecule has 5 rings (SSSR count). The molecular formula is C27H33NO5. The summed E-state index contributed by atoms with van der Waals surface area (Å²) in [6, 6.07) is 11.6. The van der Waals surface area contributed by atoms with Crippen LogP contribution in [0.25, 0.3) is 0 Å². The summed E-state index contributed by atoms with van der Waals surface area (Å²) in [5.74, 6) is -0.168. The van der Waals surface area contributed by atoms with Crippen molar-refractivity contribution < 1.29 is 24.5 Å². The molecule has 3 aliphatic rings. The number of ether oxygens (including phenoxy) is 1. The molecule has 0 radical (unpaired) electrons. The summed E-state index contributed by atoms with van der Waals surface area (Å²) in [6.45, 7) is 2.53. The number of fused-ring (bicyclic) bond motifs is 1. The van der Waals surface area contributed by atoms with Crippen LogP contribution < -0.4 is 4.74 Å². The van der Waals surface area contributed by atoms with Crippen LogP contribution in [0, 0.1) is 5.92 Å². The fourth-order valence-electron chi connectivity index (χ4n) is 6.30. The van der Waals surface area contributed by atoms with Gasteiger partial charge in [0.25, 0.3) is 0 Å². The minimum Gasteiger partial charge on any atom is -0.506 e. The number of Topliss-reactive ketones (excluding diaryl/α,β-unsaturated/α-hetero) is 1. The zero-order valence-corrected chi connectivity index (χ0v) is 19.6. The molecule has 1 saturated carbocycles. The van der Waals surface area contributed by atoms with Gasteiger partial charge in [-0.1, -0.05) is 25.0 Å². The van der Waals surface area contributed by atoms with Gasteiger partial charge in [0.15, 0.2) is 5.78 Å². The zero-order valence-electron chi connectivity index (χ0n) is 19.6. The fourth-order valence-corrected chi connectivity index (χ4v) is 6.30. The Bertz CT molecular complexity index is 1030. The van der Waals surface area contributed by atoms with Crippen molar-refractivity contribution in [3.05, 3.63) is 58.7 Å². The Balaban J connectivity index is 0.000000174. The van der Waals surface area contributed by atoms with E-state index < -0.39 is 11.7 Å². The van der Waals surface area contributed by atoms with Crippen molar-refractivity contribution in [1.29, 1.82) is 0 Å². The number of phenols is 1. The molecule has 6 nitrogen and oxygen atoms in total. The van der Waals surface area contributed by atoms with Crippen LogP contribution >= 0.6 is 0 Å². The van der Waals surface area contributed by atoms with E-state index in [0.717, 1.165) is 17.7 Å². The summed E-state index contributed by atoms with van der Waals surface area (Å²) in [6.07, 6.45) is 8.22. The average Bonchev–Trinajstić information content (AvgIpc) is 2.81.